The molecule has 0 atom stereocenters. The molecule has 3 heterocycles. The highest BCUT2D eigenvalue weighted by molar-refractivity contribution is 6.98. The molecule has 0 radical (unpaired) electrons. The lowest BCUT2D eigenvalue weighted by Crippen LogP contribution is -2.58. The van der Waals surface area contributed by atoms with Crippen molar-refractivity contribution in [1.29, 1.82) is 0 Å². The van der Waals surface area contributed by atoms with Gasteiger partial charge in [-0.15, -0.1) is 0 Å². The van der Waals surface area contributed by atoms with Gasteiger partial charge >= 0.3 is 0 Å². The summed E-state index contributed by atoms with van der Waals surface area (Å²) in [6, 6.07) is 43.8. The number of anilines is 6. The minimum atomic E-state index is 0.0158. The summed E-state index contributed by atoms with van der Waals surface area (Å²) in [5.41, 5.74) is 14.4. The zero-order chi connectivity index (χ0) is 33.9. The van der Waals surface area contributed by atoms with Crippen LogP contribution in [0.4, 0.5) is 34.1 Å². The molecule has 244 valence electrons. The second kappa shape index (κ2) is 10.3. The highest BCUT2D eigenvalue weighted by atomic mass is 16.5. The van der Waals surface area contributed by atoms with Gasteiger partial charge in [-0.3, -0.25) is 0 Å². The third-order valence-electron chi connectivity index (χ3n) is 11.6. The van der Waals surface area contributed by atoms with Crippen LogP contribution >= 0.6 is 0 Å². The molecule has 0 N–H and O–H groups in total. The summed E-state index contributed by atoms with van der Waals surface area (Å²) in [4.78, 5) is 4.72. The number of aryl methyl sites for hydroxylation is 1. The van der Waals surface area contributed by atoms with E-state index in [1.54, 1.807) is 0 Å². The number of para-hydroxylation sites is 5. The van der Waals surface area contributed by atoms with Gasteiger partial charge in [0.15, 0.2) is 0 Å². The number of fused-ring (bicyclic) bond motifs is 7. The summed E-state index contributed by atoms with van der Waals surface area (Å²) in [6.45, 7) is 11.8. The van der Waals surface area contributed by atoms with Gasteiger partial charge in [-0.25, -0.2) is 0 Å². The van der Waals surface area contributed by atoms with Crippen LogP contribution in [0.1, 0.15) is 57.2 Å². The number of ether oxygens (including phenoxy) is 2. The SMILES string of the molecule is Cc1ccc2c(c1)B1c3cc4c(cc3Oc3cc(N5c6ccccc6N(c6ccccc6)c6ccccc65)cc(c31)O2)C(C)(C)CCC4(C)C. The maximum Gasteiger partial charge on any atom is 0.260 e. The number of hydrogen-bond donors (Lipinski definition) is 0. The fourth-order valence-electron chi connectivity index (χ4n) is 8.87. The van der Waals surface area contributed by atoms with Crippen LogP contribution in [-0.2, 0) is 10.8 Å². The standard InChI is InChI=1S/C45H39BN2O2/c1-28-19-20-39-33(23-28)46-34-26-31-32(45(4,5)22-21-44(31,2)3)27-40(34)50-42-25-30(24-41(49-39)43(42)46)48-37-17-11-9-15-35(37)47(29-13-7-6-8-14-29)36-16-10-12-18-38(36)48/h6-20,23-27H,21-22H2,1-5H3. The lowest BCUT2D eigenvalue weighted by atomic mass is 9.34. The van der Waals surface area contributed by atoms with E-state index in [0.717, 1.165) is 69.0 Å². The number of nitrogens with zero attached hydrogens (tertiary/aromatic N) is 2. The van der Waals surface area contributed by atoms with Gasteiger partial charge in [-0.05, 0) is 101 Å². The molecule has 6 aromatic carbocycles. The summed E-state index contributed by atoms with van der Waals surface area (Å²) in [7, 11) is 0. The van der Waals surface area contributed by atoms with Gasteiger partial charge in [-0.1, -0.05) is 93.9 Å². The Labute approximate surface area is 295 Å². The van der Waals surface area contributed by atoms with Gasteiger partial charge < -0.3 is 19.3 Å². The van der Waals surface area contributed by atoms with Crippen LogP contribution in [0.3, 0.4) is 0 Å². The fraction of sp³-hybridized carbons (Fsp3) is 0.200. The Balaban J connectivity index is 1.20. The van der Waals surface area contributed by atoms with Crippen LogP contribution < -0.4 is 35.7 Å². The van der Waals surface area contributed by atoms with Crippen molar-refractivity contribution in [3.05, 3.63) is 138 Å². The van der Waals surface area contributed by atoms with Gasteiger partial charge in [0.25, 0.3) is 6.71 Å². The molecule has 50 heavy (non-hydrogen) atoms. The van der Waals surface area contributed by atoms with Crippen LogP contribution in [0.25, 0.3) is 0 Å². The minimum absolute atomic E-state index is 0.0158. The predicted octanol–water partition coefficient (Wildman–Crippen LogP) is 10.3. The second-order valence-electron chi connectivity index (χ2n) is 15.7. The normalized spacial score (nSPS) is 16.9. The maximum atomic E-state index is 7.08. The third-order valence-corrected chi connectivity index (χ3v) is 11.6. The van der Waals surface area contributed by atoms with E-state index in [2.05, 4.69) is 166 Å². The molecule has 5 heteroatoms. The van der Waals surface area contributed by atoms with E-state index in [1.807, 2.05) is 0 Å². The molecule has 0 spiro atoms. The predicted molar refractivity (Wildman–Crippen MR) is 207 cm³/mol. The molecule has 0 unspecified atom stereocenters. The average molecular weight is 651 g/mol. The Bertz CT molecular complexity index is 2330. The summed E-state index contributed by atoms with van der Waals surface area (Å²) in [5.74, 6) is 3.58. The first-order valence-corrected chi connectivity index (χ1v) is 17.8. The quantitative estimate of drug-likeness (QED) is 0.174. The summed E-state index contributed by atoms with van der Waals surface area (Å²) in [5, 5.41) is 0. The van der Waals surface area contributed by atoms with E-state index < -0.39 is 0 Å². The molecule has 6 aromatic rings. The lowest BCUT2D eigenvalue weighted by Gasteiger charge is -2.44. The van der Waals surface area contributed by atoms with Crippen LogP contribution in [0.5, 0.6) is 23.0 Å². The molecule has 3 aliphatic heterocycles. The summed E-state index contributed by atoms with van der Waals surface area (Å²) < 4.78 is 13.9. The largest absolute Gasteiger partial charge is 0.458 e. The van der Waals surface area contributed by atoms with Crippen molar-refractivity contribution in [2.45, 2.75) is 58.3 Å². The van der Waals surface area contributed by atoms with Crippen molar-refractivity contribution in [3.8, 4) is 23.0 Å². The van der Waals surface area contributed by atoms with Crippen LogP contribution in [0.2, 0.25) is 0 Å². The number of rotatable bonds is 2. The Hall–Kier alpha value is -5.42. The molecular formula is C45H39BN2O2. The zero-order valence-electron chi connectivity index (χ0n) is 29.2. The molecule has 10 rings (SSSR count). The minimum Gasteiger partial charge on any atom is -0.458 e. The first-order chi connectivity index (χ1) is 24.2. The van der Waals surface area contributed by atoms with E-state index in [4.69, 9.17) is 9.47 Å². The fourth-order valence-corrected chi connectivity index (χ4v) is 8.87. The molecule has 0 saturated heterocycles. The van der Waals surface area contributed by atoms with E-state index >= 15 is 0 Å². The first kappa shape index (κ1) is 29.5. The van der Waals surface area contributed by atoms with Gasteiger partial charge in [0.1, 0.15) is 23.0 Å². The van der Waals surface area contributed by atoms with Crippen molar-refractivity contribution >= 4 is 57.2 Å². The Morgan fingerprint density at radius 1 is 0.500 bits per heavy atom. The maximum absolute atomic E-state index is 7.08. The molecule has 0 amide bonds. The van der Waals surface area contributed by atoms with Gasteiger partial charge in [0.05, 0.1) is 28.4 Å². The van der Waals surface area contributed by atoms with Crippen molar-refractivity contribution in [3.63, 3.8) is 0 Å². The molecule has 1 aliphatic carbocycles. The first-order valence-electron chi connectivity index (χ1n) is 17.8. The summed E-state index contributed by atoms with van der Waals surface area (Å²) in [6.07, 6.45) is 2.32. The Morgan fingerprint density at radius 2 is 1.00 bits per heavy atom. The molecule has 4 nitrogen and oxygen atoms in total. The highest BCUT2D eigenvalue weighted by Crippen LogP contribution is 2.55. The third kappa shape index (κ3) is 4.19. The molecule has 0 aromatic heterocycles. The van der Waals surface area contributed by atoms with Crippen molar-refractivity contribution in [1.82, 2.24) is 0 Å². The van der Waals surface area contributed by atoms with Gasteiger partial charge in [-0.2, -0.15) is 0 Å². The molecular weight excluding hydrogens is 611 g/mol. The van der Waals surface area contributed by atoms with E-state index in [0.29, 0.717) is 0 Å². The van der Waals surface area contributed by atoms with Gasteiger partial charge in [0, 0.05) is 23.3 Å². The monoisotopic (exact) mass is 650 g/mol. The Morgan fingerprint density at radius 3 is 1.60 bits per heavy atom. The number of hydrogen-bond acceptors (Lipinski definition) is 4. The van der Waals surface area contributed by atoms with Gasteiger partial charge in [0.2, 0.25) is 0 Å². The van der Waals surface area contributed by atoms with Crippen LogP contribution in [0, 0.1) is 6.92 Å². The van der Waals surface area contributed by atoms with Crippen LogP contribution in [-0.4, -0.2) is 6.71 Å². The van der Waals surface area contributed by atoms with Crippen LogP contribution in [0.15, 0.2) is 121 Å². The Kier molecular flexibility index (Phi) is 6.08. The zero-order valence-corrected chi connectivity index (χ0v) is 29.2. The smallest absolute Gasteiger partial charge is 0.260 e. The second-order valence-corrected chi connectivity index (χ2v) is 15.7. The molecule has 0 fully saturated rings. The molecule has 4 aliphatic rings. The highest BCUT2D eigenvalue weighted by Gasteiger charge is 2.45. The van der Waals surface area contributed by atoms with Crippen molar-refractivity contribution in [2.75, 3.05) is 9.80 Å². The average Bonchev–Trinajstić information content (AvgIpc) is 3.12. The van der Waals surface area contributed by atoms with E-state index in [1.165, 1.54) is 34.0 Å². The molecule has 0 bridgehead atoms. The van der Waals surface area contributed by atoms with Crippen molar-refractivity contribution in [2.24, 2.45) is 0 Å². The van der Waals surface area contributed by atoms with E-state index in [9.17, 15) is 0 Å². The van der Waals surface area contributed by atoms with E-state index in [-0.39, 0.29) is 17.5 Å². The summed E-state index contributed by atoms with van der Waals surface area (Å²) >= 11 is 0. The lowest BCUT2D eigenvalue weighted by molar-refractivity contribution is 0.330. The topological polar surface area (TPSA) is 24.9 Å². The van der Waals surface area contributed by atoms with Crippen molar-refractivity contribution < 1.29 is 9.47 Å². The molecule has 0 saturated carbocycles. The number of benzene rings is 6.